The summed E-state index contributed by atoms with van der Waals surface area (Å²) in [4.78, 5) is 13.3. The molecule has 0 N–H and O–H groups in total. The molecular formula is C12H23NO2. The van der Waals surface area contributed by atoms with Crippen molar-refractivity contribution < 1.29 is 9.53 Å². The summed E-state index contributed by atoms with van der Waals surface area (Å²) in [6.45, 7) is 9.96. The largest absolute Gasteiger partial charge is 0.462 e. The fourth-order valence-electron chi connectivity index (χ4n) is 1.20. The van der Waals surface area contributed by atoms with Crippen LogP contribution in [0.1, 0.15) is 33.6 Å². The zero-order valence-corrected chi connectivity index (χ0v) is 10.6. The van der Waals surface area contributed by atoms with E-state index in [1.807, 2.05) is 14.1 Å². The minimum absolute atomic E-state index is 0.0926. The normalized spacial score (nSPS) is 14.8. The van der Waals surface area contributed by atoms with Gasteiger partial charge < -0.3 is 9.64 Å². The molecule has 1 atom stereocenters. The minimum atomic E-state index is -0.299. The van der Waals surface area contributed by atoms with Crippen molar-refractivity contribution >= 4 is 5.97 Å². The van der Waals surface area contributed by atoms with Crippen LogP contribution in [-0.4, -0.2) is 37.1 Å². The molecule has 0 spiro atoms. The van der Waals surface area contributed by atoms with Gasteiger partial charge in [-0.15, -0.1) is 0 Å². The molecule has 0 heterocycles. The molecule has 0 aliphatic rings. The van der Waals surface area contributed by atoms with E-state index in [1.165, 1.54) is 0 Å². The van der Waals surface area contributed by atoms with Crippen LogP contribution >= 0.6 is 0 Å². The maximum atomic E-state index is 11.2. The van der Waals surface area contributed by atoms with Gasteiger partial charge in [-0.3, -0.25) is 0 Å². The number of carbonyl (C=O) groups excluding carboxylic acids is 1. The topological polar surface area (TPSA) is 29.5 Å². The molecule has 0 radical (unpaired) electrons. The summed E-state index contributed by atoms with van der Waals surface area (Å²) >= 11 is 0. The third-order valence-electron chi connectivity index (χ3n) is 3.06. The van der Waals surface area contributed by atoms with Crippen molar-refractivity contribution in [3.8, 4) is 0 Å². The molecule has 88 valence electrons. The van der Waals surface area contributed by atoms with Gasteiger partial charge in [0, 0.05) is 11.1 Å². The Morgan fingerprint density at radius 3 is 2.33 bits per heavy atom. The first-order valence-corrected chi connectivity index (χ1v) is 5.33. The van der Waals surface area contributed by atoms with Gasteiger partial charge in [0.1, 0.15) is 0 Å². The van der Waals surface area contributed by atoms with Crippen molar-refractivity contribution in [1.82, 2.24) is 4.90 Å². The summed E-state index contributed by atoms with van der Waals surface area (Å²) in [6.07, 6.45) is 1.88. The van der Waals surface area contributed by atoms with Crippen LogP contribution < -0.4 is 0 Å². The molecule has 0 saturated carbocycles. The highest BCUT2D eigenvalue weighted by molar-refractivity contribution is 5.86. The highest BCUT2D eigenvalue weighted by atomic mass is 16.5. The fraction of sp³-hybridized carbons (Fsp3) is 0.750. The summed E-state index contributed by atoms with van der Waals surface area (Å²) in [5.74, 6) is -0.299. The molecule has 0 aliphatic heterocycles. The van der Waals surface area contributed by atoms with Crippen molar-refractivity contribution in [3.63, 3.8) is 0 Å². The SMILES string of the molecule is C=C(C)C(=O)OCCC(C)(CC)N(C)C. The number of hydrogen-bond donors (Lipinski definition) is 0. The number of rotatable bonds is 6. The van der Waals surface area contributed by atoms with Crippen LogP contribution in [0, 0.1) is 0 Å². The maximum absolute atomic E-state index is 11.2. The molecule has 0 aromatic carbocycles. The summed E-state index contributed by atoms with van der Waals surface area (Å²) in [6, 6.07) is 0. The summed E-state index contributed by atoms with van der Waals surface area (Å²) in [5.41, 5.74) is 0.549. The Bertz CT molecular complexity index is 236. The standard InChI is InChI=1S/C12H23NO2/c1-7-12(4,13(5)6)8-9-15-11(14)10(2)3/h2,7-9H2,1,3-6H3. The Morgan fingerprint density at radius 2 is 2.00 bits per heavy atom. The molecule has 0 aliphatic carbocycles. The van der Waals surface area contributed by atoms with E-state index in [0.717, 1.165) is 12.8 Å². The van der Waals surface area contributed by atoms with E-state index >= 15 is 0 Å². The van der Waals surface area contributed by atoms with E-state index in [-0.39, 0.29) is 11.5 Å². The van der Waals surface area contributed by atoms with Gasteiger partial charge in [0.05, 0.1) is 6.61 Å². The van der Waals surface area contributed by atoms with Crippen molar-refractivity contribution in [3.05, 3.63) is 12.2 Å². The Hall–Kier alpha value is -0.830. The smallest absolute Gasteiger partial charge is 0.333 e. The van der Waals surface area contributed by atoms with Crippen LogP contribution in [0.5, 0.6) is 0 Å². The number of carbonyl (C=O) groups is 1. The van der Waals surface area contributed by atoms with Gasteiger partial charge in [0.25, 0.3) is 0 Å². The lowest BCUT2D eigenvalue weighted by Crippen LogP contribution is -2.41. The second kappa shape index (κ2) is 5.91. The lowest BCUT2D eigenvalue weighted by atomic mass is 9.94. The Kier molecular flexibility index (Phi) is 5.58. The zero-order valence-electron chi connectivity index (χ0n) is 10.6. The molecule has 0 aromatic rings. The Morgan fingerprint density at radius 1 is 1.47 bits per heavy atom. The molecule has 3 nitrogen and oxygen atoms in total. The van der Waals surface area contributed by atoms with Crippen LogP contribution in [-0.2, 0) is 9.53 Å². The average Bonchev–Trinajstić information content (AvgIpc) is 2.16. The zero-order chi connectivity index (χ0) is 12.1. The first kappa shape index (κ1) is 14.2. The molecule has 0 rings (SSSR count). The molecule has 0 saturated heterocycles. The van der Waals surface area contributed by atoms with Crippen LogP contribution in [0.4, 0.5) is 0 Å². The lowest BCUT2D eigenvalue weighted by Gasteiger charge is -2.35. The van der Waals surface area contributed by atoms with Crippen molar-refractivity contribution in [1.29, 1.82) is 0 Å². The number of hydrogen-bond acceptors (Lipinski definition) is 3. The van der Waals surface area contributed by atoms with E-state index in [2.05, 4.69) is 25.3 Å². The van der Waals surface area contributed by atoms with Gasteiger partial charge in [-0.1, -0.05) is 13.5 Å². The summed E-state index contributed by atoms with van der Waals surface area (Å²) in [5, 5.41) is 0. The summed E-state index contributed by atoms with van der Waals surface area (Å²) < 4.78 is 5.09. The number of nitrogens with zero attached hydrogens (tertiary/aromatic N) is 1. The van der Waals surface area contributed by atoms with Crippen LogP contribution in [0.15, 0.2) is 12.2 Å². The first-order valence-electron chi connectivity index (χ1n) is 5.33. The molecule has 0 amide bonds. The van der Waals surface area contributed by atoms with Crippen LogP contribution in [0.25, 0.3) is 0 Å². The van der Waals surface area contributed by atoms with Crippen molar-refractivity contribution in [2.24, 2.45) is 0 Å². The van der Waals surface area contributed by atoms with E-state index in [0.29, 0.717) is 12.2 Å². The summed E-state index contributed by atoms with van der Waals surface area (Å²) in [7, 11) is 4.09. The predicted molar refractivity (Wildman–Crippen MR) is 62.8 cm³/mol. The molecule has 1 unspecified atom stereocenters. The molecule has 0 bridgehead atoms. The van der Waals surface area contributed by atoms with Crippen molar-refractivity contribution in [2.45, 2.75) is 39.2 Å². The maximum Gasteiger partial charge on any atom is 0.333 e. The van der Waals surface area contributed by atoms with E-state index in [4.69, 9.17) is 4.74 Å². The second-order valence-electron chi connectivity index (χ2n) is 4.41. The van der Waals surface area contributed by atoms with Gasteiger partial charge >= 0.3 is 5.97 Å². The van der Waals surface area contributed by atoms with Crippen LogP contribution in [0.3, 0.4) is 0 Å². The second-order valence-corrected chi connectivity index (χ2v) is 4.41. The average molecular weight is 213 g/mol. The Labute approximate surface area is 93.1 Å². The van der Waals surface area contributed by atoms with Gasteiger partial charge in [-0.05, 0) is 40.8 Å². The molecular weight excluding hydrogens is 190 g/mol. The lowest BCUT2D eigenvalue weighted by molar-refractivity contribution is -0.139. The number of ether oxygens (including phenoxy) is 1. The fourth-order valence-corrected chi connectivity index (χ4v) is 1.20. The monoisotopic (exact) mass is 213 g/mol. The highest BCUT2D eigenvalue weighted by Crippen LogP contribution is 2.20. The molecule has 0 aromatic heterocycles. The minimum Gasteiger partial charge on any atom is -0.462 e. The van der Waals surface area contributed by atoms with Gasteiger partial charge in [0.2, 0.25) is 0 Å². The number of esters is 1. The third kappa shape index (κ3) is 4.47. The molecule has 3 heteroatoms. The first-order chi connectivity index (χ1) is 6.83. The van der Waals surface area contributed by atoms with E-state index in [9.17, 15) is 4.79 Å². The quantitative estimate of drug-likeness (QED) is 0.500. The Balaban J connectivity index is 4.03. The molecule has 15 heavy (non-hydrogen) atoms. The van der Waals surface area contributed by atoms with Crippen molar-refractivity contribution in [2.75, 3.05) is 20.7 Å². The highest BCUT2D eigenvalue weighted by Gasteiger charge is 2.24. The molecule has 0 fully saturated rings. The third-order valence-corrected chi connectivity index (χ3v) is 3.06. The predicted octanol–water partition coefficient (Wildman–Crippen LogP) is 2.23. The van der Waals surface area contributed by atoms with Gasteiger partial charge in [-0.2, -0.15) is 0 Å². The van der Waals surface area contributed by atoms with Crippen LogP contribution in [0.2, 0.25) is 0 Å². The van der Waals surface area contributed by atoms with E-state index < -0.39 is 0 Å². The van der Waals surface area contributed by atoms with Gasteiger partial charge in [0.15, 0.2) is 0 Å². The van der Waals surface area contributed by atoms with Gasteiger partial charge in [-0.25, -0.2) is 4.79 Å². The van der Waals surface area contributed by atoms with E-state index in [1.54, 1.807) is 6.92 Å².